The molecule has 2 unspecified atom stereocenters. The van der Waals surface area contributed by atoms with E-state index < -0.39 is 6.10 Å². The number of aryl methyl sites for hydroxylation is 1. The number of benzene rings is 1. The zero-order chi connectivity index (χ0) is 17.9. The fourth-order valence-electron chi connectivity index (χ4n) is 2.59. The number of hydrogen-bond donors (Lipinski definition) is 3. The Hall–Kier alpha value is -0.900. The van der Waals surface area contributed by atoms with Crippen molar-refractivity contribution in [3.63, 3.8) is 0 Å². The fourth-order valence-corrected chi connectivity index (χ4v) is 2.59. The van der Waals surface area contributed by atoms with Gasteiger partial charge in [-0.2, -0.15) is 0 Å². The predicted octanol–water partition coefficient (Wildman–Crippen LogP) is 2.40. The molecule has 2 rings (SSSR count). The minimum Gasteiger partial charge on any atom is -0.386 e. The maximum Gasteiger partial charge on any atom is 0.191 e. The Bertz CT molecular complexity index is 519. The normalized spacial score (nSPS) is 18.3. The first kappa shape index (κ1) is 23.1. The average Bonchev–Trinajstić information content (AvgIpc) is 3.13. The summed E-state index contributed by atoms with van der Waals surface area (Å²) in [5.74, 6) is 0.720. The number of nitrogens with zero attached hydrogens (tertiary/aromatic N) is 1. The third-order valence-electron chi connectivity index (χ3n) is 4.08. The predicted molar refractivity (Wildman–Crippen MR) is 115 cm³/mol. The Balaban J connectivity index is 0.00000338. The molecule has 1 aliphatic heterocycles. The molecule has 1 aliphatic rings. The van der Waals surface area contributed by atoms with Crippen LogP contribution in [-0.4, -0.2) is 56.6 Å². The highest BCUT2D eigenvalue weighted by Crippen LogP contribution is 2.13. The molecule has 1 saturated heterocycles. The smallest absolute Gasteiger partial charge is 0.191 e. The molecule has 0 amide bonds. The summed E-state index contributed by atoms with van der Waals surface area (Å²) < 4.78 is 11.0. The third-order valence-corrected chi connectivity index (χ3v) is 4.08. The average molecular weight is 477 g/mol. The van der Waals surface area contributed by atoms with Crippen LogP contribution in [0, 0.1) is 6.92 Å². The van der Waals surface area contributed by atoms with Crippen molar-refractivity contribution in [3.05, 3.63) is 35.4 Å². The number of nitrogens with one attached hydrogen (secondary N) is 2. The van der Waals surface area contributed by atoms with Crippen molar-refractivity contribution in [2.24, 2.45) is 4.99 Å². The highest BCUT2D eigenvalue weighted by Gasteiger charge is 2.15. The molecule has 1 fully saturated rings. The van der Waals surface area contributed by atoms with Gasteiger partial charge in [-0.15, -0.1) is 24.0 Å². The molecule has 148 valence electrons. The molecule has 0 aromatic heterocycles. The number of aliphatic hydroxyl groups excluding tert-OH is 1. The van der Waals surface area contributed by atoms with Gasteiger partial charge in [0.25, 0.3) is 0 Å². The lowest BCUT2D eigenvalue weighted by molar-refractivity contribution is 0.0420. The van der Waals surface area contributed by atoms with E-state index in [9.17, 15) is 5.11 Å². The fraction of sp³-hybridized carbons (Fsp3) is 0.632. The summed E-state index contributed by atoms with van der Waals surface area (Å²) in [6.07, 6.45) is 1.56. The van der Waals surface area contributed by atoms with Crippen molar-refractivity contribution in [1.29, 1.82) is 0 Å². The summed E-state index contributed by atoms with van der Waals surface area (Å²) in [4.78, 5) is 4.47. The number of ether oxygens (including phenoxy) is 2. The standard InChI is InChI=1S/C19H31N3O3.HI/c1-3-20-19(21-10-4-11-25-17-9-12-24-14-17)22-13-18(23)16-7-5-15(2)6-8-16;/h5-8,17-18,23H,3-4,9-14H2,1-2H3,(H2,20,21,22);1H. The van der Waals surface area contributed by atoms with Gasteiger partial charge in [0.15, 0.2) is 5.96 Å². The van der Waals surface area contributed by atoms with Crippen LogP contribution >= 0.6 is 24.0 Å². The van der Waals surface area contributed by atoms with Crippen LogP contribution < -0.4 is 10.6 Å². The lowest BCUT2D eigenvalue weighted by Gasteiger charge is -2.14. The van der Waals surface area contributed by atoms with E-state index >= 15 is 0 Å². The lowest BCUT2D eigenvalue weighted by atomic mass is 10.1. The Morgan fingerprint density at radius 2 is 2.12 bits per heavy atom. The number of hydrogen-bond acceptors (Lipinski definition) is 4. The number of guanidine groups is 1. The van der Waals surface area contributed by atoms with Crippen LogP contribution in [0.1, 0.15) is 37.0 Å². The first-order valence-corrected chi connectivity index (χ1v) is 9.15. The summed E-state index contributed by atoms with van der Waals surface area (Å²) in [7, 11) is 0. The van der Waals surface area contributed by atoms with Crippen LogP contribution in [0.15, 0.2) is 29.3 Å². The second kappa shape index (κ2) is 13.3. The van der Waals surface area contributed by atoms with Crippen molar-refractivity contribution >= 4 is 29.9 Å². The number of aliphatic hydroxyl groups is 1. The van der Waals surface area contributed by atoms with Crippen molar-refractivity contribution in [3.8, 4) is 0 Å². The number of halogens is 1. The van der Waals surface area contributed by atoms with E-state index in [4.69, 9.17) is 9.47 Å². The van der Waals surface area contributed by atoms with E-state index in [1.165, 1.54) is 5.56 Å². The summed E-state index contributed by atoms with van der Waals surface area (Å²) in [6, 6.07) is 7.89. The van der Waals surface area contributed by atoms with Crippen LogP contribution in [0.25, 0.3) is 0 Å². The molecule has 0 bridgehead atoms. The highest BCUT2D eigenvalue weighted by molar-refractivity contribution is 14.0. The summed E-state index contributed by atoms with van der Waals surface area (Å²) in [5.41, 5.74) is 2.07. The molecule has 0 saturated carbocycles. The second-order valence-corrected chi connectivity index (χ2v) is 6.28. The van der Waals surface area contributed by atoms with Gasteiger partial charge >= 0.3 is 0 Å². The van der Waals surface area contributed by atoms with Crippen molar-refractivity contribution in [1.82, 2.24) is 10.6 Å². The molecule has 1 aromatic carbocycles. The van der Waals surface area contributed by atoms with Gasteiger partial charge in [0.05, 0.1) is 25.4 Å². The van der Waals surface area contributed by atoms with Gasteiger partial charge in [0.2, 0.25) is 0 Å². The van der Waals surface area contributed by atoms with Crippen molar-refractivity contribution in [2.75, 3.05) is 39.5 Å². The molecule has 0 spiro atoms. The zero-order valence-corrected chi connectivity index (χ0v) is 18.1. The Kier molecular flexibility index (Phi) is 11.8. The maximum absolute atomic E-state index is 10.3. The summed E-state index contributed by atoms with van der Waals surface area (Å²) in [6.45, 7) is 8.18. The monoisotopic (exact) mass is 477 g/mol. The number of rotatable bonds is 9. The molecule has 0 aliphatic carbocycles. The van der Waals surface area contributed by atoms with Crippen molar-refractivity contribution < 1.29 is 14.6 Å². The molecule has 0 radical (unpaired) electrons. The third kappa shape index (κ3) is 8.66. The minimum absolute atomic E-state index is 0. The Labute approximate surface area is 173 Å². The van der Waals surface area contributed by atoms with E-state index in [0.29, 0.717) is 19.8 Å². The molecule has 7 heteroatoms. The van der Waals surface area contributed by atoms with Gasteiger partial charge in [0.1, 0.15) is 0 Å². The quantitative estimate of drug-likeness (QED) is 0.221. The molecule has 3 N–H and O–H groups in total. The van der Waals surface area contributed by atoms with E-state index in [1.54, 1.807) is 0 Å². The Morgan fingerprint density at radius 1 is 1.35 bits per heavy atom. The van der Waals surface area contributed by atoms with Gasteiger partial charge in [-0.05, 0) is 32.3 Å². The van der Waals surface area contributed by atoms with Crippen LogP contribution in [0.2, 0.25) is 0 Å². The largest absolute Gasteiger partial charge is 0.386 e. The van der Waals surface area contributed by atoms with E-state index in [0.717, 1.165) is 44.1 Å². The molecule has 26 heavy (non-hydrogen) atoms. The Morgan fingerprint density at radius 3 is 2.77 bits per heavy atom. The zero-order valence-electron chi connectivity index (χ0n) is 15.7. The van der Waals surface area contributed by atoms with Crippen LogP contribution in [0.3, 0.4) is 0 Å². The second-order valence-electron chi connectivity index (χ2n) is 6.28. The lowest BCUT2D eigenvalue weighted by Crippen LogP contribution is -2.38. The molecular formula is C19H32IN3O3. The van der Waals surface area contributed by atoms with Gasteiger partial charge in [-0.25, -0.2) is 0 Å². The van der Waals surface area contributed by atoms with Gasteiger partial charge in [-0.3, -0.25) is 4.99 Å². The summed E-state index contributed by atoms with van der Waals surface area (Å²) in [5, 5.41) is 16.7. The van der Waals surface area contributed by atoms with Crippen LogP contribution in [0.5, 0.6) is 0 Å². The van der Waals surface area contributed by atoms with Crippen molar-refractivity contribution in [2.45, 2.75) is 38.9 Å². The van der Waals surface area contributed by atoms with Crippen LogP contribution in [0.4, 0.5) is 0 Å². The molecule has 2 atom stereocenters. The highest BCUT2D eigenvalue weighted by atomic mass is 127. The van der Waals surface area contributed by atoms with Gasteiger partial charge in [-0.1, -0.05) is 29.8 Å². The van der Waals surface area contributed by atoms with E-state index in [1.807, 2.05) is 38.1 Å². The molecule has 1 heterocycles. The van der Waals surface area contributed by atoms with Crippen LogP contribution in [-0.2, 0) is 9.47 Å². The number of aliphatic imine (C=N–C) groups is 1. The molecule has 1 aromatic rings. The molecular weight excluding hydrogens is 445 g/mol. The van der Waals surface area contributed by atoms with Gasteiger partial charge in [0, 0.05) is 26.3 Å². The van der Waals surface area contributed by atoms with E-state index in [-0.39, 0.29) is 30.1 Å². The summed E-state index contributed by atoms with van der Waals surface area (Å²) >= 11 is 0. The van der Waals surface area contributed by atoms with Gasteiger partial charge < -0.3 is 25.2 Å². The molecule has 6 nitrogen and oxygen atoms in total. The topological polar surface area (TPSA) is 75.1 Å². The van der Waals surface area contributed by atoms with E-state index in [2.05, 4.69) is 15.6 Å². The first-order chi connectivity index (χ1) is 12.2. The maximum atomic E-state index is 10.3. The first-order valence-electron chi connectivity index (χ1n) is 9.15. The minimum atomic E-state index is -0.596. The SMILES string of the molecule is CCNC(=NCC(O)c1ccc(C)cc1)NCCCOC1CCOC1.I.